The summed E-state index contributed by atoms with van der Waals surface area (Å²) in [5, 5.41) is 7.61. The van der Waals surface area contributed by atoms with E-state index < -0.39 is 5.97 Å². The van der Waals surface area contributed by atoms with Gasteiger partial charge in [0.15, 0.2) is 0 Å². The van der Waals surface area contributed by atoms with E-state index in [0.717, 1.165) is 17.9 Å². The van der Waals surface area contributed by atoms with Gasteiger partial charge >= 0.3 is 5.97 Å². The molecule has 0 amide bonds. The quantitative estimate of drug-likeness (QED) is 0.827. The SMILES string of the molecule is COC(=O)c1oc([C@H](C)N[C@@H](C)Cn2cccn2)cc1C. The number of nitrogens with one attached hydrogen (secondary N) is 1. The largest absolute Gasteiger partial charge is 0.463 e. The molecule has 0 bridgehead atoms. The van der Waals surface area contributed by atoms with Crippen LogP contribution in [0.25, 0.3) is 0 Å². The second-order valence-corrected chi connectivity index (χ2v) is 5.17. The van der Waals surface area contributed by atoms with E-state index in [1.54, 1.807) is 6.20 Å². The Balaban J connectivity index is 1.99. The normalized spacial score (nSPS) is 13.9. The van der Waals surface area contributed by atoms with Crippen molar-refractivity contribution in [1.29, 1.82) is 0 Å². The zero-order chi connectivity index (χ0) is 15.4. The molecule has 2 aromatic heterocycles. The molecule has 0 unspecified atom stereocenters. The Hall–Kier alpha value is -2.08. The second kappa shape index (κ2) is 6.58. The number of esters is 1. The Morgan fingerprint density at radius 2 is 2.29 bits per heavy atom. The third-order valence-electron chi connectivity index (χ3n) is 3.29. The molecule has 0 radical (unpaired) electrons. The lowest BCUT2D eigenvalue weighted by atomic mass is 10.2. The highest BCUT2D eigenvalue weighted by Crippen LogP contribution is 2.21. The van der Waals surface area contributed by atoms with E-state index in [9.17, 15) is 4.79 Å². The first kappa shape index (κ1) is 15.3. The van der Waals surface area contributed by atoms with Crippen molar-refractivity contribution >= 4 is 5.97 Å². The van der Waals surface area contributed by atoms with Crippen LogP contribution in [0.4, 0.5) is 0 Å². The van der Waals surface area contributed by atoms with E-state index >= 15 is 0 Å². The molecule has 0 spiro atoms. The Kier molecular flexibility index (Phi) is 4.80. The molecule has 2 heterocycles. The van der Waals surface area contributed by atoms with Crippen molar-refractivity contribution in [2.45, 2.75) is 39.4 Å². The lowest BCUT2D eigenvalue weighted by Gasteiger charge is -2.18. The van der Waals surface area contributed by atoms with E-state index in [0.29, 0.717) is 0 Å². The van der Waals surface area contributed by atoms with E-state index in [4.69, 9.17) is 9.15 Å². The Labute approximate surface area is 124 Å². The van der Waals surface area contributed by atoms with Gasteiger partial charge in [0.1, 0.15) is 5.76 Å². The molecule has 2 aromatic rings. The zero-order valence-electron chi connectivity index (χ0n) is 12.8. The summed E-state index contributed by atoms with van der Waals surface area (Å²) in [5.74, 6) is 0.539. The lowest BCUT2D eigenvalue weighted by molar-refractivity contribution is 0.0561. The minimum absolute atomic E-state index is 0.00679. The maximum atomic E-state index is 11.6. The summed E-state index contributed by atoms with van der Waals surface area (Å²) in [6, 6.07) is 3.97. The molecule has 1 N–H and O–H groups in total. The highest BCUT2D eigenvalue weighted by Gasteiger charge is 2.20. The Morgan fingerprint density at radius 1 is 1.52 bits per heavy atom. The number of aromatic nitrogens is 2. The number of nitrogens with zero attached hydrogens (tertiary/aromatic N) is 2. The van der Waals surface area contributed by atoms with Crippen LogP contribution in [0, 0.1) is 6.92 Å². The Bertz CT molecular complexity index is 589. The summed E-state index contributed by atoms with van der Waals surface area (Å²) >= 11 is 0. The average Bonchev–Trinajstić information content (AvgIpc) is 3.07. The molecule has 21 heavy (non-hydrogen) atoms. The van der Waals surface area contributed by atoms with Gasteiger partial charge in [-0.15, -0.1) is 0 Å². The minimum atomic E-state index is -0.449. The van der Waals surface area contributed by atoms with Gasteiger partial charge in [-0.3, -0.25) is 4.68 Å². The van der Waals surface area contributed by atoms with Crippen molar-refractivity contribution in [3.8, 4) is 0 Å². The first-order chi connectivity index (χ1) is 10.0. The standard InChI is InChI=1S/C15H21N3O3/c1-10-8-13(21-14(10)15(19)20-4)12(3)17-11(2)9-18-7-5-6-16-18/h5-8,11-12,17H,9H2,1-4H3/t11-,12-/m0/s1. The average molecular weight is 291 g/mol. The molecule has 2 atom stereocenters. The van der Waals surface area contributed by atoms with Gasteiger partial charge in [-0.25, -0.2) is 4.79 Å². The summed E-state index contributed by atoms with van der Waals surface area (Å²) in [6.07, 6.45) is 3.68. The predicted octanol–water partition coefficient (Wildman–Crippen LogP) is 2.31. The van der Waals surface area contributed by atoms with Crippen molar-refractivity contribution in [3.05, 3.63) is 41.6 Å². The third kappa shape index (κ3) is 3.72. The van der Waals surface area contributed by atoms with Crippen LogP contribution in [0.2, 0.25) is 0 Å². The van der Waals surface area contributed by atoms with Crippen LogP contribution in [0.5, 0.6) is 0 Å². The van der Waals surface area contributed by atoms with Crippen molar-refractivity contribution in [1.82, 2.24) is 15.1 Å². The van der Waals surface area contributed by atoms with Crippen LogP contribution in [-0.2, 0) is 11.3 Å². The van der Waals surface area contributed by atoms with Gasteiger partial charge in [0, 0.05) is 24.0 Å². The number of aryl methyl sites for hydroxylation is 1. The van der Waals surface area contributed by atoms with Crippen LogP contribution in [0.1, 0.15) is 41.8 Å². The number of methoxy groups -OCH3 is 1. The van der Waals surface area contributed by atoms with Gasteiger partial charge < -0.3 is 14.5 Å². The fourth-order valence-corrected chi connectivity index (χ4v) is 2.27. The molecule has 0 saturated heterocycles. The smallest absolute Gasteiger partial charge is 0.374 e. The van der Waals surface area contributed by atoms with Crippen LogP contribution < -0.4 is 5.32 Å². The maximum absolute atomic E-state index is 11.6. The summed E-state index contributed by atoms with van der Waals surface area (Å²) in [4.78, 5) is 11.6. The third-order valence-corrected chi connectivity index (χ3v) is 3.29. The van der Waals surface area contributed by atoms with Gasteiger partial charge in [0.25, 0.3) is 0 Å². The second-order valence-electron chi connectivity index (χ2n) is 5.17. The molecule has 0 aliphatic carbocycles. The van der Waals surface area contributed by atoms with E-state index in [2.05, 4.69) is 17.3 Å². The maximum Gasteiger partial charge on any atom is 0.374 e. The van der Waals surface area contributed by atoms with Crippen LogP contribution in [0.15, 0.2) is 28.9 Å². The van der Waals surface area contributed by atoms with Crippen LogP contribution in [-0.4, -0.2) is 28.9 Å². The summed E-state index contributed by atoms with van der Waals surface area (Å²) in [5.41, 5.74) is 0.783. The fourth-order valence-electron chi connectivity index (χ4n) is 2.27. The number of carbonyl (C=O) groups excluding carboxylic acids is 1. The fraction of sp³-hybridized carbons (Fsp3) is 0.467. The topological polar surface area (TPSA) is 69.3 Å². The van der Waals surface area contributed by atoms with E-state index in [1.165, 1.54) is 7.11 Å². The molecule has 0 fully saturated rings. The number of hydrogen-bond acceptors (Lipinski definition) is 5. The molecule has 2 rings (SSSR count). The van der Waals surface area contributed by atoms with Crippen molar-refractivity contribution in [3.63, 3.8) is 0 Å². The van der Waals surface area contributed by atoms with Gasteiger partial charge in [0.2, 0.25) is 5.76 Å². The number of rotatable bonds is 6. The highest BCUT2D eigenvalue weighted by atomic mass is 16.5. The highest BCUT2D eigenvalue weighted by molar-refractivity contribution is 5.87. The number of hydrogen-bond donors (Lipinski definition) is 1. The zero-order valence-corrected chi connectivity index (χ0v) is 12.8. The van der Waals surface area contributed by atoms with Crippen molar-refractivity contribution in [2.24, 2.45) is 0 Å². The molecule has 6 heteroatoms. The van der Waals surface area contributed by atoms with E-state index in [1.807, 2.05) is 36.9 Å². The molecule has 0 saturated carbocycles. The van der Waals surface area contributed by atoms with Gasteiger partial charge in [0.05, 0.1) is 19.7 Å². The van der Waals surface area contributed by atoms with Gasteiger partial charge in [-0.1, -0.05) is 0 Å². The summed E-state index contributed by atoms with van der Waals surface area (Å²) < 4.78 is 12.2. The predicted molar refractivity (Wildman–Crippen MR) is 78.0 cm³/mol. The van der Waals surface area contributed by atoms with Gasteiger partial charge in [-0.05, 0) is 32.9 Å². The summed E-state index contributed by atoms with van der Waals surface area (Å²) in [6.45, 7) is 6.67. The first-order valence-electron chi connectivity index (χ1n) is 6.93. The molecular formula is C15H21N3O3. The first-order valence-corrected chi connectivity index (χ1v) is 6.93. The van der Waals surface area contributed by atoms with Crippen molar-refractivity contribution < 1.29 is 13.9 Å². The van der Waals surface area contributed by atoms with E-state index in [-0.39, 0.29) is 17.8 Å². The lowest BCUT2D eigenvalue weighted by Crippen LogP contribution is -2.32. The number of carbonyl (C=O) groups is 1. The molecule has 0 aliphatic rings. The molecule has 6 nitrogen and oxygen atoms in total. The van der Waals surface area contributed by atoms with Gasteiger partial charge in [-0.2, -0.15) is 5.10 Å². The Morgan fingerprint density at radius 3 is 2.90 bits per heavy atom. The molecule has 0 aromatic carbocycles. The molecular weight excluding hydrogens is 270 g/mol. The minimum Gasteiger partial charge on any atom is -0.463 e. The molecule has 0 aliphatic heterocycles. The number of ether oxygens (including phenoxy) is 1. The van der Waals surface area contributed by atoms with Crippen LogP contribution in [0.3, 0.4) is 0 Å². The monoisotopic (exact) mass is 291 g/mol. The summed E-state index contributed by atoms with van der Waals surface area (Å²) in [7, 11) is 1.35. The van der Waals surface area contributed by atoms with Crippen molar-refractivity contribution in [2.75, 3.05) is 7.11 Å². The molecule has 114 valence electrons. The van der Waals surface area contributed by atoms with Crippen LogP contribution >= 0.6 is 0 Å². The number of furan rings is 1.